The average Bonchev–Trinajstić information content (AvgIpc) is 3.01. The molecule has 1 saturated heterocycles. The predicted octanol–water partition coefficient (Wildman–Crippen LogP) is 2.74. The number of carbonyl (C=O) groups excluding carboxylic acids is 1. The van der Waals surface area contributed by atoms with E-state index < -0.39 is 0 Å². The molecule has 0 aromatic carbocycles. The number of pyridine rings is 1. The molecule has 1 amide bonds. The van der Waals surface area contributed by atoms with Crippen LogP contribution in [0.2, 0.25) is 0 Å². The molecule has 0 bridgehead atoms. The van der Waals surface area contributed by atoms with Crippen LogP contribution in [0.3, 0.4) is 0 Å². The molecular formula is C16H23N3O. The maximum atomic E-state index is 12.1. The summed E-state index contributed by atoms with van der Waals surface area (Å²) in [5.41, 5.74) is 1.68. The number of hydrogen-bond acceptors (Lipinski definition) is 3. The Kier molecular flexibility index (Phi) is 4.19. The van der Waals surface area contributed by atoms with Crippen molar-refractivity contribution in [1.29, 1.82) is 0 Å². The van der Waals surface area contributed by atoms with Gasteiger partial charge in [-0.2, -0.15) is 0 Å². The molecule has 1 aliphatic heterocycles. The molecule has 1 N–H and O–H groups in total. The van der Waals surface area contributed by atoms with E-state index in [4.69, 9.17) is 0 Å². The minimum absolute atomic E-state index is 0.0258. The highest BCUT2D eigenvalue weighted by Gasteiger charge is 2.19. The largest absolute Gasteiger partial charge is 0.370 e. The van der Waals surface area contributed by atoms with E-state index in [0.29, 0.717) is 11.7 Å². The van der Waals surface area contributed by atoms with E-state index in [1.165, 1.54) is 32.1 Å². The molecule has 20 heavy (non-hydrogen) atoms. The lowest BCUT2D eigenvalue weighted by atomic mass is 10.1. The maximum absolute atomic E-state index is 12.1. The van der Waals surface area contributed by atoms with Gasteiger partial charge < -0.3 is 10.2 Å². The van der Waals surface area contributed by atoms with E-state index >= 15 is 0 Å². The topological polar surface area (TPSA) is 45.2 Å². The summed E-state index contributed by atoms with van der Waals surface area (Å²) < 4.78 is 0. The van der Waals surface area contributed by atoms with Crippen molar-refractivity contribution in [3.05, 3.63) is 24.0 Å². The first kappa shape index (κ1) is 13.4. The van der Waals surface area contributed by atoms with E-state index in [1.54, 1.807) is 0 Å². The summed E-state index contributed by atoms with van der Waals surface area (Å²) in [7, 11) is 0. The van der Waals surface area contributed by atoms with Gasteiger partial charge in [0.25, 0.3) is 5.91 Å². The Morgan fingerprint density at radius 1 is 1.10 bits per heavy atom. The molecule has 108 valence electrons. The highest BCUT2D eigenvalue weighted by molar-refractivity contribution is 5.92. The number of nitrogens with one attached hydrogen (secondary N) is 1. The van der Waals surface area contributed by atoms with E-state index in [-0.39, 0.29) is 5.91 Å². The number of nitrogens with zero attached hydrogens (tertiary/aromatic N) is 2. The van der Waals surface area contributed by atoms with Crippen molar-refractivity contribution in [2.45, 2.75) is 51.0 Å². The summed E-state index contributed by atoms with van der Waals surface area (Å²) in [5.74, 6) is -0.0258. The van der Waals surface area contributed by atoms with Crippen LogP contribution < -0.4 is 10.2 Å². The van der Waals surface area contributed by atoms with E-state index in [0.717, 1.165) is 31.6 Å². The van der Waals surface area contributed by atoms with Gasteiger partial charge in [-0.3, -0.25) is 4.79 Å². The fourth-order valence-corrected chi connectivity index (χ4v) is 3.19. The van der Waals surface area contributed by atoms with Crippen LogP contribution in [0.4, 0.5) is 5.69 Å². The Hall–Kier alpha value is -1.58. The van der Waals surface area contributed by atoms with Gasteiger partial charge in [0.05, 0.1) is 11.9 Å². The van der Waals surface area contributed by atoms with Gasteiger partial charge >= 0.3 is 0 Å². The molecule has 2 heterocycles. The molecule has 4 heteroatoms. The number of anilines is 1. The summed E-state index contributed by atoms with van der Waals surface area (Å²) in [6, 6.07) is 4.24. The molecule has 1 aromatic rings. The van der Waals surface area contributed by atoms with E-state index in [9.17, 15) is 4.79 Å². The van der Waals surface area contributed by atoms with Gasteiger partial charge in [-0.25, -0.2) is 4.98 Å². The third-order valence-corrected chi connectivity index (χ3v) is 4.39. The fraction of sp³-hybridized carbons (Fsp3) is 0.625. The van der Waals surface area contributed by atoms with Crippen molar-refractivity contribution < 1.29 is 4.79 Å². The smallest absolute Gasteiger partial charge is 0.270 e. The van der Waals surface area contributed by atoms with Gasteiger partial charge in [-0.15, -0.1) is 0 Å². The SMILES string of the molecule is O=C(NC1CCCC1)c1ccc(N2CCCCC2)cn1. The van der Waals surface area contributed by atoms with Gasteiger partial charge in [0.15, 0.2) is 0 Å². The highest BCUT2D eigenvalue weighted by Crippen LogP contribution is 2.20. The number of aromatic nitrogens is 1. The first-order valence-electron chi connectivity index (χ1n) is 7.85. The molecule has 1 saturated carbocycles. The van der Waals surface area contributed by atoms with Gasteiger partial charge in [0.2, 0.25) is 0 Å². The summed E-state index contributed by atoms with van der Waals surface area (Å²) in [6.07, 6.45) is 10.3. The fourth-order valence-electron chi connectivity index (χ4n) is 3.19. The molecule has 1 aliphatic carbocycles. The Morgan fingerprint density at radius 2 is 1.85 bits per heavy atom. The normalized spacial score (nSPS) is 20.1. The summed E-state index contributed by atoms with van der Waals surface area (Å²) in [4.78, 5) is 18.8. The Morgan fingerprint density at radius 3 is 2.50 bits per heavy atom. The highest BCUT2D eigenvalue weighted by atomic mass is 16.1. The van der Waals surface area contributed by atoms with Crippen LogP contribution in [0.25, 0.3) is 0 Å². The van der Waals surface area contributed by atoms with Gasteiger partial charge in [-0.05, 0) is 44.2 Å². The zero-order valence-corrected chi connectivity index (χ0v) is 12.0. The third-order valence-electron chi connectivity index (χ3n) is 4.39. The second kappa shape index (κ2) is 6.25. The van der Waals surface area contributed by atoms with Crippen LogP contribution in [0.1, 0.15) is 55.4 Å². The van der Waals surface area contributed by atoms with Crippen molar-refractivity contribution in [2.24, 2.45) is 0 Å². The second-order valence-electron chi connectivity index (χ2n) is 5.90. The summed E-state index contributed by atoms with van der Waals surface area (Å²) in [5, 5.41) is 3.08. The molecule has 4 nitrogen and oxygen atoms in total. The van der Waals surface area contributed by atoms with Gasteiger partial charge in [0, 0.05) is 19.1 Å². The zero-order chi connectivity index (χ0) is 13.8. The molecule has 3 rings (SSSR count). The van der Waals surface area contributed by atoms with Crippen molar-refractivity contribution in [3.8, 4) is 0 Å². The van der Waals surface area contributed by atoms with E-state index in [2.05, 4.69) is 15.2 Å². The standard InChI is InChI=1S/C16H23N3O/c20-16(18-13-6-2-3-7-13)15-9-8-14(12-17-15)19-10-4-1-5-11-19/h8-9,12-13H,1-7,10-11H2,(H,18,20). The van der Waals surface area contributed by atoms with E-state index in [1.807, 2.05) is 18.3 Å². The van der Waals surface area contributed by atoms with Crippen LogP contribution in [-0.2, 0) is 0 Å². The molecular weight excluding hydrogens is 250 g/mol. The Bertz CT molecular complexity index is 445. The molecule has 0 radical (unpaired) electrons. The summed E-state index contributed by atoms with van der Waals surface area (Å²) >= 11 is 0. The minimum Gasteiger partial charge on any atom is -0.370 e. The molecule has 0 atom stereocenters. The monoisotopic (exact) mass is 273 g/mol. The maximum Gasteiger partial charge on any atom is 0.270 e. The lowest BCUT2D eigenvalue weighted by molar-refractivity contribution is 0.0933. The molecule has 0 unspecified atom stereocenters. The van der Waals surface area contributed by atoms with Crippen LogP contribution in [0.5, 0.6) is 0 Å². The van der Waals surface area contributed by atoms with Crippen molar-refractivity contribution >= 4 is 11.6 Å². The second-order valence-corrected chi connectivity index (χ2v) is 5.90. The predicted molar refractivity (Wildman–Crippen MR) is 80.0 cm³/mol. The van der Waals surface area contributed by atoms with Crippen LogP contribution in [0.15, 0.2) is 18.3 Å². The van der Waals surface area contributed by atoms with Crippen LogP contribution in [-0.4, -0.2) is 30.0 Å². The Labute approximate surface area is 120 Å². The third kappa shape index (κ3) is 3.11. The lowest BCUT2D eigenvalue weighted by Gasteiger charge is -2.28. The first-order chi connectivity index (χ1) is 9.83. The average molecular weight is 273 g/mol. The molecule has 1 aromatic heterocycles. The zero-order valence-electron chi connectivity index (χ0n) is 12.0. The lowest BCUT2D eigenvalue weighted by Crippen LogP contribution is -2.33. The number of hydrogen-bond donors (Lipinski definition) is 1. The first-order valence-corrected chi connectivity index (χ1v) is 7.85. The molecule has 2 fully saturated rings. The van der Waals surface area contributed by atoms with Crippen molar-refractivity contribution in [1.82, 2.24) is 10.3 Å². The summed E-state index contributed by atoms with van der Waals surface area (Å²) in [6.45, 7) is 2.21. The number of carbonyl (C=O) groups is 1. The van der Waals surface area contributed by atoms with Crippen molar-refractivity contribution in [2.75, 3.05) is 18.0 Å². The van der Waals surface area contributed by atoms with Crippen LogP contribution >= 0.6 is 0 Å². The minimum atomic E-state index is -0.0258. The molecule has 0 spiro atoms. The quantitative estimate of drug-likeness (QED) is 0.921. The Balaban J connectivity index is 1.61. The van der Waals surface area contributed by atoms with Gasteiger partial charge in [0.1, 0.15) is 5.69 Å². The van der Waals surface area contributed by atoms with Crippen molar-refractivity contribution in [3.63, 3.8) is 0 Å². The number of piperidine rings is 1. The number of rotatable bonds is 3. The number of amides is 1. The van der Waals surface area contributed by atoms with Gasteiger partial charge in [-0.1, -0.05) is 12.8 Å². The molecule has 2 aliphatic rings. The van der Waals surface area contributed by atoms with Crippen LogP contribution in [0, 0.1) is 0 Å².